The molecule has 4 N–H and O–H groups in total. The van der Waals surface area contributed by atoms with Gasteiger partial charge in [-0.15, -0.1) is 0 Å². The number of aromatic nitrogens is 1. The molecule has 3 unspecified atom stereocenters. The fourth-order valence-electron chi connectivity index (χ4n) is 2.61. The summed E-state index contributed by atoms with van der Waals surface area (Å²) in [4.78, 5) is 17.0. The standard InChI is InChI=1S/C14H24N4OS/c1-7(2)16-14-18-12(15)11(20-14)13(19)17-10-6-5-8(3)9(10)4/h7-10H,5-6,15H2,1-4H3,(H,16,18)(H,17,19). The number of nitrogens with two attached hydrogens (primary N) is 1. The molecule has 5 nitrogen and oxygen atoms in total. The van der Waals surface area contributed by atoms with E-state index < -0.39 is 0 Å². The molecule has 0 spiro atoms. The SMILES string of the molecule is CC(C)Nc1nc(N)c(C(=O)NC2CCC(C)C2C)s1. The molecule has 1 heterocycles. The van der Waals surface area contributed by atoms with E-state index in [9.17, 15) is 4.79 Å². The highest BCUT2D eigenvalue weighted by Gasteiger charge is 2.31. The topological polar surface area (TPSA) is 80.0 Å². The van der Waals surface area contributed by atoms with Crippen LogP contribution in [-0.4, -0.2) is 23.0 Å². The summed E-state index contributed by atoms with van der Waals surface area (Å²) in [6, 6.07) is 0.521. The third-order valence-electron chi connectivity index (χ3n) is 4.05. The summed E-state index contributed by atoms with van der Waals surface area (Å²) in [5, 5.41) is 6.99. The molecule has 1 saturated carbocycles. The quantitative estimate of drug-likeness (QED) is 0.798. The summed E-state index contributed by atoms with van der Waals surface area (Å²) in [6.07, 6.45) is 2.22. The molecule has 112 valence electrons. The van der Waals surface area contributed by atoms with E-state index in [0.717, 1.165) is 6.42 Å². The van der Waals surface area contributed by atoms with Crippen LogP contribution in [0.15, 0.2) is 0 Å². The molecular formula is C14H24N4OS. The fourth-order valence-corrected chi connectivity index (χ4v) is 3.54. The Kier molecular flexibility index (Phi) is 4.52. The molecular weight excluding hydrogens is 272 g/mol. The van der Waals surface area contributed by atoms with E-state index in [4.69, 9.17) is 5.73 Å². The van der Waals surface area contributed by atoms with E-state index in [2.05, 4.69) is 29.5 Å². The van der Waals surface area contributed by atoms with E-state index in [1.165, 1.54) is 17.8 Å². The third kappa shape index (κ3) is 3.23. The molecule has 0 saturated heterocycles. The molecule has 1 fully saturated rings. The summed E-state index contributed by atoms with van der Waals surface area (Å²) < 4.78 is 0. The van der Waals surface area contributed by atoms with Gasteiger partial charge in [-0.1, -0.05) is 25.2 Å². The molecule has 1 aromatic heterocycles. The number of rotatable bonds is 4. The van der Waals surface area contributed by atoms with Crippen LogP contribution in [0.3, 0.4) is 0 Å². The van der Waals surface area contributed by atoms with Gasteiger partial charge in [-0.2, -0.15) is 0 Å². The highest BCUT2D eigenvalue weighted by atomic mass is 32.1. The highest BCUT2D eigenvalue weighted by Crippen LogP contribution is 2.32. The van der Waals surface area contributed by atoms with Crippen molar-refractivity contribution < 1.29 is 4.79 Å². The van der Waals surface area contributed by atoms with Gasteiger partial charge in [-0.3, -0.25) is 4.79 Å². The van der Waals surface area contributed by atoms with Crippen molar-refractivity contribution in [2.24, 2.45) is 11.8 Å². The zero-order chi connectivity index (χ0) is 14.9. The van der Waals surface area contributed by atoms with Crippen LogP contribution in [0.1, 0.15) is 50.2 Å². The van der Waals surface area contributed by atoms with Gasteiger partial charge < -0.3 is 16.4 Å². The van der Waals surface area contributed by atoms with Gasteiger partial charge >= 0.3 is 0 Å². The van der Waals surface area contributed by atoms with Crippen molar-refractivity contribution in [2.45, 2.75) is 52.6 Å². The smallest absolute Gasteiger partial charge is 0.265 e. The van der Waals surface area contributed by atoms with Crippen LogP contribution in [-0.2, 0) is 0 Å². The van der Waals surface area contributed by atoms with E-state index in [1.807, 2.05) is 13.8 Å². The number of anilines is 2. The largest absolute Gasteiger partial charge is 0.382 e. The molecule has 1 aliphatic rings. The third-order valence-corrected chi connectivity index (χ3v) is 5.05. The van der Waals surface area contributed by atoms with Crippen molar-refractivity contribution in [1.29, 1.82) is 0 Å². The number of nitrogen functional groups attached to an aromatic ring is 1. The number of nitrogens with one attached hydrogen (secondary N) is 2. The van der Waals surface area contributed by atoms with Gasteiger partial charge in [0.2, 0.25) is 0 Å². The first-order valence-electron chi connectivity index (χ1n) is 7.22. The van der Waals surface area contributed by atoms with Crippen LogP contribution < -0.4 is 16.4 Å². The monoisotopic (exact) mass is 296 g/mol. The average molecular weight is 296 g/mol. The van der Waals surface area contributed by atoms with Crippen molar-refractivity contribution in [3.05, 3.63) is 4.88 Å². The van der Waals surface area contributed by atoms with Gasteiger partial charge in [0.1, 0.15) is 10.7 Å². The molecule has 1 amide bonds. The maximum absolute atomic E-state index is 12.3. The molecule has 0 aromatic carbocycles. The molecule has 2 rings (SSSR count). The maximum atomic E-state index is 12.3. The zero-order valence-corrected chi connectivity index (χ0v) is 13.4. The van der Waals surface area contributed by atoms with E-state index in [-0.39, 0.29) is 18.0 Å². The molecule has 0 aliphatic heterocycles. The Bertz CT molecular complexity index is 486. The summed E-state index contributed by atoms with van der Waals surface area (Å²) in [5.41, 5.74) is 5.85. The van der Waals surface area contributed by atoms with E-state index >= 15 is 0 Å². The Labute approximate surface area is 124 Å². The summed E-state index contributed by atoms with van der Waals surface area (Å²) in [7, 11) is 0. The first kappa shape index (κ1) is 15.1. The Hall–Kier alpha value is -1.30. The van der Waals surface area contributed by atoms with Gasteiger partial charge in [0, 0.05) is 12.1 Å². The van der Waals surface area contributed by atoms with Crippen LogP contribution in [0.2, 0.25) is 0 Å². The van der Waals surface area contributed by atoms with Gasteiger partial charge in [0.25, 0.3) is 5.91 Å². The van der Waals surface area contributed by atoms with Crippen LogP contribution >= 0.6 is 11.3 Å². The van der Waals surface area contributed by atoms with Crippen molar-refractivity contribution in [3.8, 4) is 0 Å². The molecule has 6 heteroatoms. The first-order valence-corrected chi connectivity index (χ1v) is 8.03. The van der Waals surface area contributed by atoms with Crippen molar-refractivity contribution in [3.63, 3.8) is 0 Å². The molecule has 3 atom stereocenters. The van der Waals surface area contributed by atoms with E-state index in [0.29, 0.717) is 27.7 Å². The Morgan fingerprint density at radius 1 is 1.40 bits per heavy atom. The lowest BCUT2D eigenvalue weighted by atomic mass is 9.98. The number of hydrogen-bond acceptors (Lipinski definition) is 5. The predicted molar refractivity (Wildman–Crippen MR) is 84.1 cm³/mol. The lowest BCUT2D eigenvalue weighted by Gasteiger charge is -2.19. The van der Waals surface area contributed by atoms with Gasteiger partial charge in [-0.25, -0.2) is 4.98 Å². The number of amides is 1. The number of carbonyl (C=O) groups excluding carboxylic acids is 1. The zero-order valence-electron chi connectivity index (χ0n) is 12.6. The minimum Gasteiger partial charge on any atom is -0.382 e. The van der Waals surface area contributed by atoms with Gasteiger partial charge in [-0.05, 0) is 38.5 Å². The van der Waals surface area contributed by atoms with Gasteiger partial charge in [0.05, 0.1) is 0 Å². The Balaban J connectivity index is 2.04. The Morgan fingerprint density at radius 3 is 2.65 bits per heavy atom. The Morgan fingerprint density at radius 2 is 2.10 bits per heavy atom. The molecule has 0 bridgehead atoms. The second-order valence-corrected chi connectivity index (χ2v) is 7.03. The minimum absolute atomic E-state index is 0.0947. The normalized spacial score (nSPS) is 25.9. The maximum Gasteiger partial charge on any atom is 0.265 e. The van der Waals surface area contributed by atoms with Crippen LogP contribution in [0.25, 0.3) is 0 Å². The van der Waals surface area contributed by atoms with E-state index in [1.54, 1.807) is 0 Å². The molecule has 1 aliphatic carbocycles. The second-order valence-electron chi connectivity index (χ2n) is 6.03. The summed E-state index contributed by atoms with van der Waals surface area (Å²) in [6.45, 7) is 8.49. The number of carbonyl (C=O) groups is 1. The number of thiazole rings is 1. The van der Waals surface area contributed by atoms with Crippen LogP contribution in [0.5, 0.6) is 0 Å². The van der Waals surface area contributed by atoms with Crippen molar-refractivity contribution >= 4 is 28.2 Å². The average Bonchev–Trinajstić information content (AvgIpc) is 2.86. The van der Waals surface area contributed by atoms with Gasteiger partial charge in [0.15, 0.2) is 5.13 Å². The number of nitrogens with zero attached hydrogens (tertiary/aromatic N) is 1. The van der Waals surface area contributed by atoms with Crippen LogP contribution in [0.4, 0.5) is 10.9 Å². The lowest BCUT2D eigenvalue weighted by Crippen LogP contribution is -2.37. The number of hydrogen-bond donors (Lipinski definition) is 3. The minimum atomic E-state index is -0.0947. The van der Waals surface area contributed by atoms with Crippen molar-refractivity contribution in [2.75, 3.05) is 11.1 Å². The molecule has 1 aromatic rings. The first-order chi connectivity index (χ1) is 9.38. The molecule has 20 heavy (non-hydrogen) atoms. The lowest BCUT2D eigenvalue weighted by molar-refractivity contribution is 0.0932. The van der Waals surface area contributed by atoms with Crippen molar-refractivity contribution in [1.82, 2.24) is 10.3 Å². The summed E-state index contributed by atoms with van der Waals surface area (Å²) in [5.74, 6) is 1.40. The molecule has 0 radical (unpaired) electrons. The summed E-state index contributed by atoms with van der Waals surface area (Å²) >= 11 is 1.32. The fraction of sp³-hybridized carbons (Fsp3) is 0.714. The predicted octanol–water partition coefficient (Wildman–Crippen LogP) is 2.71. The highest BCUT2D eigenvalue weighted by molar-refractivity contribution is 7.18. The second kappa shape index (κ2) is 5.99. The van der Waals surface area contributed by atoms with Crippen LogP contribution in [0, 0.1) is 11.8 Å².